The minimum absolute atomic E-state index is 0.000227. The third kappa shape index (κ3) is 6.47. The van der Waals surface area contributed by atoms with Crippen molar-refractivity contribution < 1.29 is 41.3 Å². The minimum atomic E-state index is -3.29. The molecule has 53 heavy (non-hydrogen) atoms. The van der Waals surface area contributed by atoms with E-state index < -0.39 is 41.7 Å². The number of nitrogens with zero attached hydrogens (tertiary/aromatic N) is 6. The number of carbonyl (C=O) groups is 1. The van der Waals surface area contributed by atoms with E-state index in [1.165, 1.54) is 35.7 Å². The summed E-state index contributed by atoms with van der Waals surface area (Å²) in [6.45, 7) is 6.80. The summed E-state index contributed by atoms with van der Waals surface area (Å²) in [5, 5.41) is 15.5. The quantitative estimate of drug-likeness (QED) is 0.0936. The van der Waals surface area contributed by atoms with Gasteiger partial charge in [0.25, 0.3) is 0 Å². The summed E-state index contributed by atoms with van der Waals surface area (Å²) < 4.78 is 90.5. The number of hydrogen-bond donors (Lipinski definition) is 1. The Morgan fingerprint density at radius 1 is 1.11 bits per heavy atom. The van der Waals surface area contributed by atoms with Crippen molar-refractivity contribution in [2.24, 2.45) is 0 Å². The van der Waals surface area contributed by atoms with Gasteiger partial charge in [-0.3, -0.25) is 19.4 Å². The molecule has 1 aromatic carbocycles. The van der Waals surface area contributed by atoms with E-state index in [0.717, 1.165) is 17.4 Å². The molecule has 0 bridgehead atoms. The first-order chi connectivity index (χ1) is 25.4. The van der Waals surface area contributed by atoms with Gasteiger partial charge in [0, 0.05) is 67.0 Å². The van der Waals surface area contributed by atoms with Crippen LogP contribution in [-0.4, -0.2) is 87.1 Å². The van der Waals surface area contributed by atoms with Crippen LogP contribution in [0.3, 0.4) is 0 Å². The summed E-state index contributed by atoms with van der Waals surface area (Å²) in [7, 11) is 1.44. The normalized spacial score (nSPS) is 18.2. The van der Waals surface area contributed by atoms with Crippen LogP contribution in [-0.2, 0) is 22.0 Å². The number of aliphatic hydroxyl groups is 1. The molecule has 0 spiro atoms. The van der Waals surface area contributed by atoms with Gasteiger partial charge in [0.2, 0.25) is 5.91 Å². The first kappa shape index (κ1) is 36.6. The van der Waals surface area contributed by atoms with Gasteiger partial charge in [-0.2, -0.15) is 13.9 Å². The summed E-state index contributed by atoms with van der Waals surface area (Å²) in [5.41, 5.74) is 0.733. The molecule has 7 rings (SSSR count). The zero-order valence-electron chi connectivity index (χ0n) is 29.0. The molecule has 278 valence electrons. The number of benzene rings is 1. The number of ether oxygens (including phenoxy) is 2. The molecule has 0 aliphatic carbocycles. The Kier molecular flexibility index (Phi) is 9.82. The average molecular weight is 755 g/mol. The van der Waals surface area contributed by atoms with Crippen LogP contribution in [0.15, 0.2) is 48.5 Å². The van der Waals surface area contributed by atoms with E-state index >= 15 is 17.6 Å². The van der Waals surface area contributed by atoms with E-state index in [0.29, 0.717) is 18.3 Å². The molecule has 6 heterocycles. The molecule has 5 aromatic rings. The number of alkyl halides is 2. The number of thiophene rings is 1. The lowest BCUT2D eigenvalue weighted by molar-refractivity contribution is -0.129. The van der Waals surface area contributed by atoms with Crippen LogP contribution in [0.1, 0.15) is 42.9 Å². The van der Waals surface area contributed by atoms with Crippen molar-refractivity contribution in [1.29, 1.82) is 0 Å². The molecule has 2 atom stereocenters. The summed E-state index contributed by atoms with van der Waals surface area (Å²) >= 11 is 0.971. The van der Waals surface area contributed by atoms with Gasteiger partial charge in [-0.15, -0.1) is 11.3 Å². The molecule has 0 saturated heterocycles. The largest absolute Gasteiger partial charge is 0.490 e. The van der Waals surface area contributed by atoms with Gasteiger partial charge in [0.15, 0.2) is 0 Å². The van der Waals surface area contributed by atoms with E-state index in [2.05, 4.69) is 11.6 Å². The molecule has 1 N–H and O–H groups in total. The number of hydrogen-bond acceptors (Lipinski definition) is 9. The number of carbonyl (C=O) groups excluding carboxylic acids is 1. The average Bonchev–Trinajstić information content (AvgIpc) is 3.74. The van der Waals surface area contributed by atoms with Crippen LogP contribution < -0.4 is 4.74 Å². The highest BCUT2D eigenvalue weighted by atomic mass is 32.1. The second-order valence-corrected chi connectivity index (χ2v) is 13.9. The summed E-state index contributed by atoms with van der Waals surface area (Å²) in [4.78, 5) is 25.0. The fraction of sp³-hybridized carbons (Fsp3) is 0.351. The number of halogens is 5. The SMILES string of the molecule is C=CC(=O)N1CC(C)n2nc(-c3nc(-c4cnc5c(c4)CN(CCO)CC5(F)F)c4scc(F)c4c3-c3c(F)cc(F)cc3OCCOC)cc2C1C. The molecular weight excluding hydrogens is 720 g/mol. The lowest BCUT2D eigenvalue weighted by Crippen LogP contribution is -2.42. The molecule has 2 aliphatic rings. The van der Waals surface area contributed by atoms with Crippen LogP contribution in [0.4, 0.5) is 22.0 Å². The maximum Gasteiger partial charge on any atom is 0.302 e. The number of pyridine rings is 2. The lowest BCUT2D eigenvalue weighted by atomic mass is 9.94. The van der Waals surface area contributed by atoms with Crippen LogP contribution in [0.5, 0.6) is 5.75 Å². The Morgan fingerprint density at radius 2 is 1.91 bits per heavy atom. The fourth-order valence-corrected chi connectivity index (χ4v) is 8.09. The van der Waals surface area contributed by atoms with Gasteiger partial charge < -0.3 is 19.5 Å². The monoisotopic (exact) mass is 754 g/mol. The maximum absolute atomic E-state index is 16.3. The molecule has 10 nitrogen and oxygen atoms in total. The van der Waals surface area contributed by atoms with Gasteiger partial charge >= 0.3 is 5.92 Å². The summed E-state index contributed by atoms with van der Waals surface area (Å²) in [6, 6.07) is 4.08. The summed E-state index contributed by atoms with van der Waals surface area (Å²) in [6.07, 6.45) is 2.47. The zero-order valence-corrected chi connectivity index (χ0v) is 29.8. The van der Waals surface area contributed by atoms with Gasteiger partial charge in [-0.25, -0.2) is 18.2 Å². The van der Waals surface area contributed by atoms with E-state index in [1.807, 2.05) is 13.8 Å². The number of fused-ring (bicyclic) bond motifs is 3. The molecule has 0 radical (unpaired) electrons. The standard InChI is InChI=1S/C37H35F5N6O4S/c1-5-29(50)47-15-19(2)48-27(20(47)3)13-26(45-48)34-32(30-24(39)11-23(38)12-28(30)52-9-8-51-4)31-25(40)17-53-35(31)33(44-34)21-10-22-16-46(6-7-49)18-37(41,42)36(22)43-14-21/h5,10-14,17,19-20,49H,1,6-9,15-16,18H2,2-4H3. The summed E-state index contributed by atoms with van der Waals surface area (Å²) in [5.74, 6) is -6.51. The van der Waals surface area contributed by atoms with Crippen molar-refractivity contribution in [3.8, 4) is 39.5 Å². The van der Waals surface area contributed by atoms with Gasteiger partial charge in [0.1, 0.15) is 46.9 Å². The van der Waals surface area contributed by atoms with Gasteiger partial charge in [-0.1, -0.05) is 6.58 Å². The molecule has 1 amide bonds. The number of aliphatic hydroxyl groups excluding tert-OH is 1. The van der Waals surface area contributed by atoms with Crippen LogP contribution >= 0.6 is 11.3 Å². The predicted molar refractivity (Wildman–Crippen MR) is 188 cm³/mol. The van der Waals surface area contributed by atoms with Crippen molar-refractivity contribution >= 4 is 27.3 Å². The van der Waals surface area contributed by atoms with Crippen molar-refractivity contribution in [1.82, 2.24) is 29.5 Å². The first-order valence-electron chi connectivity index (χ1n) is 16.8. The molecule has 2 unspecified atom stereocenters. The molecule has 0 saturated carbocycles. The second kappa shape index (κ2) is 14.2. The van der Waals surface area contributed by atoms with Crippen molar-refractivity contribution in [2.45, 2.75) is 38.4 Å². The lowest BCUT2D eigenvalue weighted by Gasteiger charge is -2.36. The third-order valence-electron chi connectivity index (χ3n) is 9.54. The minimum Gasteiger partial charge on any atom is -0.490 e. The number of amides is 1. The Hall–Kier alpha value is -4.77. The molecular formula is C37H35F5N6O4S. The number of rotatable bonds is 10. The Morgan fingerprint density at radius 3 is 2.64 bits per heavy atom. The molecule has 2 aliphatic heterocycles. The highest BCUT2D eigenvalue weighted by Crippen LogP contribution is 2.49. The Balaban J connectivity index is 1.51. The van der Waals surface area contributed by atoms with Crippen LogP contribution in [0.25, 0.3) is 43.9 Å². The highest BCUT2D eigenvalue weighted by Gasteiger charge is 2.42. The smallest absolute Gasteiger partial charge is 0.302 e. The van der Waals surface area contributed by atoms with Crippen molar-refractivity contribution in [3.05, 3.63) is 82.9 Å². The van der Waals surface area contributed by atoms with E-state index in [4.69, 9.17) is 19.6 Å². The fourth-order valence-electron chi connectivity index (χ4n) is 7.16. The van der Waals surface area contributed by atoms with Crippen LogP contribution in [0.2, 0.25) is 0 Å². The van der Waals surface area contributed by atoms with Crippen molar-refractivity contribution in [3.63, 3.8) is 0 Å². The topological polar surface area (TPSA) is 106 Å². The number of methoxy groups -OCH3 is 1. The third-order valence-corrected chi connectivity index (χ3v) is 10.5. The predicted octanol–water partition coefficient (Wildman–Crippen LogP) is 6.88. The second-order valence-electron chi connectivity index (χ2n) is 13.1. The Labute approximate surface area is 305 Å². The van der Waals surface area contributed by atoms with E-state index in [1.54, 1.807) is 15.6 Å². The first-order valence-corrected chi connectivity index (χ1v) is 17.7. The van der Waals surface area contributed by atoms with Crippen LogP contribution in [0, 0.1) is 17.5 Å². The highest BCUT2D eigenvalue weighted by molar-refractivity contribution is 7.17. The molecule has 16 heteroatoms. The number of aromatic nitrogens is 4. The van der Waals surface area contributed by atoms with E-state index in [9.17, 15) is 14.3 Å². The zero-order chi connectivity index (χ0) is 37.8. The van der Waals surface area contributed by atoms with Gasteiger partial charge in [-0.05, 0) is 37.6 Å². The molecule has 0 fully saturated rings. The number of β-amino-alcohol motifs (C(OH)–C–C–N with tert-alkyl or cyclic N) is 1. The Bertz CT molecular complexity index is 2240. The maximum atomic E-state index is 16.3. The van der Waals surface area contributed by atoms with Gasteiger partial charge in [0.05, 0.1) is 53.5 Å². The van der Waals surface area contributed by atoms with E-state index in [-0.39, 0.29) is 100 Å². The molecule has 4 aromatic heterocycles. The van der Waals surface area contributed by atoms with Crippen molar-refractivity contribution in [2.75, 3.05) is 46.6 Å².